The maximum atomic E-state index is 12.4. The Labute approximate surface area is 87.1 Å². The molecule has 0 spiro atoms. The van der Waals surface area contributed by atoms with Gasteiger partial charge in [0, 0.05) is 6.54 Å². The highest BCUT2D eigenvalue weighted by Crippen LogP contribution is 2.31. The average molecular weight is 300 g/mol. The Morgan fingerprint density at radius 2 is 2.23 bits per heavy atom. The van der Waals surface area contributed by atoms with Gasteiger partial charge in [0.25, 0.3) is 6.43 Å². The van der Waals surface area contributed by atoms with E-state index in [0.717, 1.165) is 6.20 Å². The Hall–Kier alpha value is -0.500. The van der Waals surface area contributed by atoms with E-state index in [-0.39, 0.29) is 27.1 Å². The van der Waals surface area contributed by atoms with E-state index in [9.17, 15) is 8.78 Å². The Kier molecular flexibility index (Phi) is 3.37. The van der Waals surface area contributed by atoms with E-state index in [4.69, 9.17) is 10.8 Å². The van der Waals surface area contributed by atoms with Crippen LogP contribution in [0.5, 0.6) is 5.75 Å². The molecule has 0 unspecified atom stereocenters. The van der Waals surface area contributed by atoms with Crippen LogP contribution in [-0.2, 0) is 6.54 Å². The second kappa shape index (κ2) is 4.14. The van der Waals surface area contributed by atoms with E-state index in [1.54, 1.807) is 22.6 Å². The number of pyridine rings is 1. The number of halogens is 3. The zero-order valence-corrected chi connectivity index (χ0v) is 8.62. The Morgan fingerprint density at radius 3 is 2.69 bits per heavy atom. The fraction of sp³-hybridized carbons (Fsp3) is 0.286. The first-order chi connectivity index (χ1) is 6.07. The van der Waals surface area contributed by atoms with Crippen LogP contribution in [0.1, 0.15) is 17.7 Å². The number of alkyl halides is 2. The van der Waals surface area contributed by atoms with Crippen molar-refractivity contribution in [2.75, 3.05) is 0 Å². The minimum absolute atomic E-state index is 0.0596. The molecule has 0 aliphatic carbocycles. The summed E-state index contributed by atoms with van der Waals surface area (Å²) < 4.78 is 25.0. The van der Waals surface area contributed by atoms with Crippen molar-refractivity contribution in [3.8, 4) is 5.75 Å². The molecule has 72 valence electrons. The third-order valence-corrected chi connectivity index (χ3v) is 2.66. The van der Waals surface area contributed by atoms with Gasteiger partial charge in [-0.05, 0) is 22.6 Å². The Morgan fingerprint density at radius 1 is 1.62 bits per heavy atom. The molecule has 0 aliphatic rings. The molecule has 1 aromatic rings. The fourth-order valence-corrected chi connectivity index (χ4v) is 1.60. The predicted octanol–water partition coefficient (Wildman–Crippen LogP) is 1.79. The lowest BCUT2D eigenvalue weighted by Gasteiger charge is -2.09. The first kappa shape index (κ1) is 10.6. The lowest BCUT2D eigenvalue weighted by Crippen LogP contribution is -2.06. The number of hydrogen-bond donors (Lipinski definition) is 2. The van der Waals surface area contributed by atoms with Crippen molar-refractivity contribution < 1.29 is 13.9 Å². The monoisotopic (exact) mass is 300 g/mol. The molecule has 0 amide bonds. The van der Waals surface area contributed by atoms with Gasteiger partial charge in [0.15, 0.2) is 0 Å². The second-order valence-corrected chi connectivity index (χ2v) is 3.40. The highest BCUT2D eigenvalue weighted by Gasteiger charge is 2.19. The number of aromatic hydroxyl groups is 1. The Balaban J connectivity index is 3.32. The number of rotatable bonds is 2. The summed E-state index contributed by atoms with van der Waals surface area (Å²) in [7, 11) is 0. The summed E-state index contributed by atoms with van der Waals surface area (Å²) in [5.74, 6) is -0.242. The van der Waals surface area contributed by atoms with Gasteiger partial charge in [-0.15, -0.1) is 0 Å². The second-order valence-electron chi connectivity index (χ2n) is 2.32. The number of nitrogens with zero attached hydrogens (tertiary/aromatic N) is 1. The molecule has 0 saturated carbocycles. The van der Waals surface area contributed by atoms with Crippen LogP contribution in [0, 0.1) is 3.57 Å². The third-order valence-electron chi connectivity index (χ3n) is 1.53. The number of aromatic nitrogens is 1. The molecule has 13 heavy (non-hydrogen) atoms. The van der Waals surface area contributed by atoms with Crippen LogP contribution in [0.2, 0.25) is 0 Å². The largest absolute Gasteiger partial charge is 0.505 e. The van der Waals surface area contributed by atoms with Crippen LogP contribution in [0.3, 0.4) is 0 Å². The molecule has 1 aromatic heterocycles. The van der Waals surface area contributed by atoms with Crippen LogP contribution >= 0.6 is 22.6 Å². The van der Waals surface area contributed by atoms with E-state index in [2.05, 4.69) is 4.98 Å². The van der Waals surface area contributed by atoms with Gasteiger partial charge in [-0.2, -0.15) is 0 Å². The molecule has 0 aliphatic heterocycles. The average Bonchev–Trinajstić information content (AvgIpc) is 2.08. The van der Waals surface area contributed by atoms with Gasteiger partial charge in [-0.1, -0.05) is 0 Å². The smallest absolute Gasteiger partial charge is 0.266 e. The topological polar surface area (TPSA) is 59.1 Å². The quantitative estimate of drug-likeness (QED) is 0.819. The molecular formula is C7H7F2IN2O. The molecule has 0 fully saturated rings. The minimum atomic E-state index is -2.66. The fourth-order valence-electron chi connectivity index (χ4n) is 0.914. The SMILES string of the molecule is NCc1ncc(O)c(I)c1C(F)F. The zero-order chi connectivity index (χ0) is 10.0. The van der Waals surface area contributed by atoms with E-state index in [1.807, 2.05) is 0 Å². The molecule has 0 aromatic carbocycles. The van der Waals surface area contributed by atoms with Gasteiger partial charge in [-0.25, -0.2) is 8.78 Å². The van der Waals surface area contributed by atoms with Crippen LogP contribution in [-0.4, -0.2) is 10.1 Å². The van der Waals surface area contributed by atoms with Gasteiger partial charge in [-0.3, -0.25) is 4.98 Å². The van der Waals surface area contributed by atoms with Gasteiger partial charge in [0.2, 0.25) is 0 Å². The minimum Gasteiger partial charge on any atom is -0.505 e. The van der Waals surface area contributed by atoms with Gasteiger partial charge in [0.1, 0.15) is 5.75 Å². The number of nitrogens with two attached hydrogens (primary N) is 1. The number of hydrogen-bond acceptors (Lipinski definition) is 3. The van der Waals surface area contributed by atoms with Crippen molar-refractivity contribution >= 4 is 22.6 Å². The first-order valence-corrected chi connectivity index (χ1v) is 4.50. The lowest BCUT2D eigenvalue weighted by atomic mass is 10.2. The van der Waals surface area contributed by atoms with Crippen LogP contribution in [0.15, 0.2) is 6.20 Å². The van der Waals surface area contributed by atoms with Crippen molar-refractivity contribution in [1.82, 2.24) is 4.98 Å². The van der Waals surface area contributed by atoms with Crippen LogP contribution in [0.4, 0.5) is 8.78 Å². The molecule has 0 atom stereocenters. The van der Waals surface area contributed by atoms with Crippen molar-refractivity contribution in [2.24, 2.45) is 5.73 Å². The van der Waals surface area contributed by atoms with E-state index in [1.165, 1.54) is 0 Å². The molecule has 0 saturated heterocycles. The molecule has 0 radical (unpaired) electrons. The summed E-state index contributed by atoms with van der Waals surface area (Å²) in [5.41, 5.74) is 5.07. The standard InChI is InChI=1S/C7H7F2IN2O/c8-7(9)5-3(1-11)12-2-4(13)6(5)10/h2,7,13H,1,11H2. The van der Waals surface area contributed by atoms with Crippen molar-refractivity contribution in [2.45, 2.75) is 13.0 Å². The van der Waals surface area contributed by atoms with Crippen LogP contribution < -0.4 is 5.73 Å². The zero-order valence-electron chi connectivity index (χ0n) is 6.47. The summed E-state index contributed by atoms with van der Waals surface area (Å²) in [6.07, 6.45) is -1.54. The summed E-state index contributed by atoms with van der Waals surface area (Å²) >= 11 is 1.64. The summed E-state index contributed by atoms with van der Waals surface area (Å²) in [6.45, 7) is -0.0596. The molecule has 1 rings (SSSR count). The van der Waals surface area contributed by atoms with Crippen molar-refractivity contribution in [1.29, 1.82) is 0 Å². The molecule has 6 heteroatoms. The third kappa shape index (κ3) is 2.05. The first-order valence-electron chi connectivity index (χ1n) is 3.42. The normalized spacial score (nSPS) is 10.8. The summed E-state index contributed by atoms with van der Waals surface area (Å²) in [5, 5.41) is 9.12. The molecule has 0 bridgehead atoms. The highest BCUT2D eigenvalue weighted by atomic mass is 127. The Bertz CT molecular complexity index is 320. The van der Waals surface area contributed by atoms with E-state index < -0.39 is 6.43 Å². The molecule has 1 heterocycles. The van der Waals surface area contributed by atoms with E-state index in [0.29, 0.717) is 0 Å². The molecule has 3 N–H and O–H groups in total. The van der Waals surface area contributed by atoms with Crippen LogP contribution in [0.25, 0.3) is 0 Å². The lowest BCUT2D eigenvalue weighted by molar-refractivity contribution is 0.148. The van der Waals surface area contributed by atoms with Gasteiger partial charge < -0.3 is 10.8 Å². The predicted molar refractivity (Wildman–Crippen MR) is 51.5 cm³/mol. The van der Waals surface area contributed by atoms with Gasteiger partial charge >= 0.3 is 0 Å². The maximum Gasteiger partial charge on any atom is 0.266 e. The van der Waals surface area contributed by atoms with E-state index >= 15 is 0 Å². The highest BCUT2D eigenvalue weighted by molar-refractivity contribution is 14.1. The summed E-state index contributed by atoms with van der Waals surface area (Å²) in [6, 6.07) is 0. The molecule has 3 nitrogen and oxygen atoms in total. The van der Waals surface area contributed by atoms with Crippen molar-refractivity contribution in [3.63, 3.8) is 0 Å². The summed E-state index contributed by atoms with van der Waals surface area (Å²) in [4.78, 5) is 3.62. The molecular weight excluding hydrogens is 293 g/mol. The van der Waals surface area contributed by atoms with Crippen molar-refractivity contribution in [3.05, 3.63) is 21.0 Å². The van der Waals surface area contributed by atoms with Gasteiger partial charge in [0.05, 0.1) is 21.0 Å². The maximum absolute atomic E-state index is 12.4.